The van der Waals surface area contributed by atoms with Crippen molar-refractivity contribution in [1.29, 1.82) is 0 Å². The summed E-state index contributed by atoms with van der Waals surface area (Å²) in [5.74, 6) is -3.64. The zero-order chi connectivity index (χ0) is 30.9. The average molecular weight is 654 g/mol. The maximum atomic E-state index is 13.9. The lowest BCUT2D eigenvalue weighted by molar-refractivity contribution is 0.102. The molecule has 5 aromatic rings. The number of nitrogens with one attached hydrogen (secondary N) is 1. The number of nitrogens with two attached hydrogens (primary N) is 1. The normalized spacial score (nSPS) is 10.5. The van der Waals surface area contributed by atoms with Crippen molar-refractivity contribution in [3.05, 3.63) is 110 Å². The Balaban J connectivity index is 0.000000215. The first-order chi connectivity index (χ1) is 20.6. The highest BCUT2D eigenvalue weighted by atomic mass is 35.5. The van der Waals surface area contributed by atoms with Gasteiger partial charge in [0.15, 0.2) is 28.4 Å². The number of aromatic nitrogens is 5. The van der Waals surface area contributed by atoms with Gasteiger partial charge in [-0.1, -0.05) is 47.5 Å². The van der Waals surface area contributed by atoms with E-state index in [1.165, 1.54) is 36.4 Å². The Morgan fingerprint density at radius 3 is 1.81 bits per heavy atom. The minimum Gasteiger partial charge on any atom is -0.459 e. The Labute approximate surface area is 254 Å². The summed E-state index contributed by atoms with van der Waals surface area (Å²) < 4.78 is 66.3. The van der Waals surface area contributed by atoms with Gasteiger partial charge in [0.25, 0.3) is 5.91 Å². The van der Waals surface area contributed by atoms with Crippen LogP contribution in [0.2, 0.25) is 10.2 Å². The van der Waals surface area contributed by atoms with Crippen molar-refractivity contribution < 1.29 is 31.8 Å². The molecule has 0 aliphatic heterocycles. The first kappa shape index (κ1) is 31.3. The molecule has 0 unspecified atom stereocenters. The number of rotatable bonds is 8. The molecule has 0 saturated carbocycles. The summed E-state index contributed by atoms with van der Waals surface area (Å²) in [4.78, 5) is 26.8. The van der Waals surface area contributed by atoms with Crippen LogP contribution in [-0.4, -0.2) is 30.2 Å². The van der Waals surface area contributed by atoms with Crippen LogP contribution in [-0.2, 0) is 13.2 Å². The van der Waals surface area contributed by atoms with Crippen LogP contribution >= 0.6 is 34.7 Å². The molecule has 43 heavy (non-hydrogen) atoms. The first-order valence-electron chi connectivity index (χ1n) is 11.8. The molecule has 3 aromatic heterocycles. The summed E-state index contributed by atoms with van der Waals surface area (Å²) in [7, 11) is 0. The number of nitrogen functional groups attached to an aromatic ring is 1. The van der Waals surface area contributed by atoms with E-state index in [-0.39, 0.29) is 63.6 Å². The summed E-state index contributed by atoms with van der Waals surface area (Å²) >= 11 is 12.3. The number of carbonyl (C=O) groups excluding carboxylic acids is 1. The van der Waals surface area contributed by atoms with Crippen LogP contribution in [0.3, 0.4) is 0 Å². The Morgan fingerprint density at radius 2 is 1.33 bits per heavy atom. The number of benzene rings is 2. The lowest BCUT2D eigenvalue weighted by atomic mass is 10.2. The lowest BCUT2D eigenvalue weighted by Gasteiger charge is -2.08. The number of nitrogens with zero attached hydrogens (tertiary/aromatic N) is 5. The fourth-order valence-electron chi connectivity index (χ4n) is 2.96. The largest absolute Gasteiger partial charge is 0.459 e. The van der Waals surface area contributed by atoms with Gasteiger partial charge in [0.1, 0.15) is 34.7 Å². The minimum absolute atomic E-state index is 0.0171. The maximum Gasteiger partial charge on any atom is 0.318 e. The number of carbonyl (C=O) groups is 1. The summed E-state index contributed by atoms with van der Waals surface area (Å²) in [6, 6.07) is 11.2. The number of hydrogen-bond donors (Lipinski definition) is 2. The number of halogens is 6. The minimum atomic E-state index is -0.862. The predicted octanol–water partition coefficient (Wildman–Crippen LogP) is 6.27. The molecule has 0 saturated heterocycles. The maximum absolute atomic E-state index is 13.9. The molecule has 0 radical (unpaired) electrons. The van der Waals surface area contributed by atoms with Gasteiger partial charge in [-0.05, 0) is 46.9 Å². The van der Waals surface area contributed by atoms with Gasteiger partial charge >= 0.3 is 12.0 Å². The number of amides is 1. The highest BCUT2D eigenvalue weighted by Crippen LogP contribution is 2.29. The third kappa shape index (κ3) is 8.94. The Bertz CT molecular complexity index is 1710. The molecule has 0 aliphatic carbocycles. The fraction of sp³-hybridized carbons (Fsp3) is 0.0769. The van der Waals surface area contributed by atoms with Gasteiger partial charge in [0, 0.05) is 0 Å². The topological polar surface area (TPSA) is 138 Å². The van der Waals surface area contributed by atoms with Gasteiger partial charge in [-0.3, -0.25) is 4.79 Å². The van der Waals surface area contributed by atoms with E-state index in [1.54, 1.807) is 12.1 Å². The van der Waals surface area contributed by atoms with Crippen molar-refractivity contribution in [3.63, 3.8) is 0 Å². The SMILES string of the molecule is Nc1nc(OCc2ccc(F)cc2)ncc1F.O=C(Nc1nc(OCc2ccc(F)cc2)ncc1F)c1snc(Cl)c1Cl. The Morgan fingerprint density at radius 1 is 0.814 bits per heavy atom. The number of hydrogen-bond acceptors (Lipinski definition) is 10. The van der Waals surface area contributed by atoms with E-state index in [1.807, 2.05) is 0 Å². The molecule has 2 aromatic carbocycles. The van der Waals surface area contributed by atoms with E-state index in [9.17, 15) is 22.4 Å². The van der Waals surface area contributed by atoms with Crippen molar-refractivity contribution in [2.75, 3.05) is 11.1 Å². The van der Waals surface area contributed by atoms with Crippen LogP contribution in [0.1, 0.15) is 20.8 Å². The van der Waals surface area contributed by atoms with Crippen molar-refractivity contribution >= 4 is 52.3 Å². The van der Waals surface area contributed by atoms with Crippen molar-refractivity contribution in [2.24, 2.45) is 0 Å². The highest BCUT2D eigenvalue weighted by Gasteiger charge is 2.20. The molecule has 10 nitrogen and oxygen atoms in total. The summed E-state index contributed by atoms with van der Waals surface area (Å²) in [5.41, 5.74) is 6.66. The summed E-state index contributed by atoms with van der Waals surface area (Å²) in [5, 5.41) is 2.21. The molecule has 0 spiro atoms. The monoisotopic (exact) mass is 653 g/mol. The van der Waals surface area contributed by atoms with E-state index >= 15 is 0 Å². The Hall–Kier alpha value is -4.60. The van der Waals surface area contributed by atoms with E-state index in [4.69, 9.17) is 38.4 Å². The van der Waals surface area contributed by atoms with Crippen LogP contribution < -0.4 is 20.5 Å². The molecule has 222 valence electrons. The van der Waals surface area contributed by atoms with Gasteiger partial charge < -0.3 is 20.5 Å². The van der Waals surface area contributed by atoms with E-state index < -0.39 is 17.5 Å². The second-order valence-corrected chi connectivity index (χ2v) is 9.65. The van der Waals surface area contributed by atoms with Crippen molar-refractivity contribution in [2.45, 2.75) is 13.2 Å². The van der Waals surface area contributed by atoms with Crippen LogP contribution in [0.4, 0.5) is 29.2 Å². The lowest BCUT2D eigenvalue weighted by Crippen LogP contribution is -2.14. The quantitative estimate of drug-likeness (QED) is 0.186. The molecule has 0 aliphatic rings. The molecular weight excluding hydrogens is 637 g/mol. The van der Waals surface area contributed by atoms with Crippen molar-refractivity contribution in [1.82, 2.24) is 24.3 Å². The first-order valence-corrected chi connectivity index (χ1v) is 13.3. The van der Waals surface area contributed by atoms with Gasteiger partial charge in [-0.25, -0.2) is 27.5 Å². The number of ether oxygens (including phenoxy) is 2. The highest BCUT2D eigenvalue weighted by molar-refractivity contribution is 7.09. The summed E-state index contributed by atoms with van der Waals surface area (Å²) in [6.45, 7) is 0.195. The molecular formula is C26H17Cl2F4N7O3S. The van der Waals surface area contributed by atoms with Crippen molar-refractivity contribution in [3.8, 4) is 12.0 Å². The van der Waals surface area contributed by atoms with Crippen LogP contribution in [0.25, 0.3) is 0 Å². The molecule has 3 heterocycles. The van der Waals surface area contributed by atoms with Gasteiger partial charge in [-0.15, -0.1) is 0 Å². The van der Waals surface area contributed by atoms with E-state index in [2.05, 4.69) is 29.6 Å². The summed E-state index contributed by atoms with van der Waals surface area (Å²) in [6.07, 6.45) is 1.78. The van der Waals surface area contributed by atoms with E-state index in [0.717, 1.165) is 29.5 Å². The second-order valence-electron chi connectivity index (χ2n) is 8.14. The van der Waals surface area contributed by atoms with Crippen LogP contribution in [0.15, 0.2) is 60.9 Å². The molecule has 5 rings (SSSR count). The predicted molar refractivity (Wildman–Crippen MR) is 150 cm³/mol. The molecule has 17 heteroatoms. The Kier molecular flexibility index (Phi) is 10.6. The van der Waals surface area contributed by atoms with Crippen LogP contribution in [0.5, 0.6) is 12.0 Å². The van der Waals surface area contributed by atoms with Gasteiger partial charge in [-0.2, -0.15) is 14.3 Å². The third-order valence-electron chi connectivity index (χ3n) is 5.07. The average Bonchev–Trinajstić information content (AvgIpc) is 3.33. The second kappa shape index (κ2) is 14.5. The zero-order valence-electron chi connectivity index (χ0n) is 21.4. The molecule has 0 atom stereocenters. The smallest absolute Gasteiger partial charge is 0.318 e. The molecule has 3 N–H and O–H groups in total. The zero-order valence-corrected chi connectivity index (χ0v) is 23.7. The standard InChI is InChI=1S/C15H8Cl2F2N4O2S.C11H9F2N3O/c16-10-11(26-23-12(10)17)14(24)21-13-9(19)5-20-15(22-13)25-6-7-1-3-8(18)4-2-7;12-8-3-1-7(2-4-8)6-17-11-15-5-9(13)10(14)16-11/h1-5H,6H2,(H,20,21,22,24);1-5H,6H2,(H2,14,15,16). The molecule has 0 bridgehead atoms. The fourth-order valence-corrected chi connectivity index (χ4v) is 4.07. The van der Waals surface area contributed by atoms with E-state index in [0.29, 0.717) is 5.56 Å². The molecule has 0 fully saturated rings. The number of anilines is 2. The van der Waals surface area contributed by atoms with Crippen LogP contribution in [0, 0.1) is 23.3 Å². The third-order valence-corrected chi connectivity index (χ3v) is 6.87. The molecule has 1 amide bonds. The van der Waals surface area contributed by atoms with Gasteiger partial charge in [0.2, 0.25) is 0 Å². The van der Waals surface area contributed by atoms with Gasteiger partial charge in [0.05, 0.1) is 12.4 Å².